The molecule has 0 unspecified atom stereocenters. The van der Waals surface area contributed by atoms with Gasteiger partial charge in [0.05, 0.1) is 11.1 Å². The van der Waals surface area contributed by atoms with Crippen molar-refractivity contribution >= 4 is 23.2 Å². The fourth-order valence-corrected chi connectivity index (χ4v) is 4.62. The van der Waals surface area contributed by atoms with Gasteiger partial charge in [0.1, 0.15) is 11.5 Å². The van der Waals surface area contributed by atoms with Crippen molar-refractivity contribution in [1.82, 2.24) is 4.90 Å². The van der Waals surface area contributed by atoms with Gasteiger partial charge in [0, 0.05) is 12.2 Å². The Morgan fingerprint density at radius 3 is 2.37 bits per heavy atom. The molecule has 0 aliphatic carbocycles. The van der Waals surface area contributed by atoms with Crippen LogP contribution in [0.5, 0.6) is 11.5 Å². The summed E-state index contributed by atoms with van der Waals surface area (Å²) in [6, 6.07) is 11.6. The van der Waals surface area contributed by atoms with Crippen LogP contribution in [0.25, 0.3) is 0 Å². The third-order valence-corrected chi connectivity index (χ3v) is 6.25. The molecule has 0 saturated carbocycles. The number of phenols is 1. The Hall–Kier alpha value is -2.38. The first kappa shape index (κ1) is 20.9. The van der Waals surface area contributed by atoms with Crippen LogP contribution in [0, 0.1) is 0 Å². The minimum Gasteiger partial charge on any atom is -0.508 e. The number of carbonyl (C=O) groups excluding carboxylic acids is 1. The largest absolute Gasteiger partial charge is 0.508 e. The van der Waals surface area contributed by atoms with Crippen LogP contribution in [0.2, 0.25) is 5.02 Å². The van der Waals surface area contributed by atoms with Crippen molar-refractivity contribution < 1.29 is 23.4 Å². The fraction of sp³-hybridized carbons (Fsp3) is 0.409. The summed E-state index contributed by atoms with van der Waals surface area (Å²) in [5.74, 6) is 0.601. The van der Waals surface area contributed by atoms with Crippen molar-refractivity contribution in [2.24, 2.45) is 0 Å². The van der Waals surface area contributed by atoms with Crippen molar-refractivity contribution in [2.45, 2.75) is 37.8 Å². The number of ether oxygens (including phenoxy) is 1. The number of amides is 1. The van der Waals surface area contributed by atoms with Crippen LogP contribution in [-0.4, -0.2) is 48.2 Å². The predicted molar refractivity (Wildman–Crippen MR) is 110 cm³/mol. The third kappa shape index (κ3) is 4.37. The van der Waals surface area contributed by atoms with Gasteiger partial charge in [-0.2, -0.15) is 8.78 Å². The molecule has 1 amide bonds. The molecule has 0 aromatic heterocycles. The summed E-state index contributed by atoms with van der Waals surface area (Å²) in [6.07, 6.45) is 2.63. The molecule has 2 aromatic rings. The van der Waals surface area contributed by atoms with E-state index in [0.29, 0.717) is 18.2 Å². The number of piperidine rings is 1. The molecule has 2 aliphatic rings. The van der Waals surface area contributed by atoms with Crippen molar-refractivity contribution in [3.63, 3.8) is 0 Å². The van der Waals surface area contributed by atoms with Crippen LogP contribution in [0.3, 0.4) is 0 Å². The van der Waals surface area contributed by atoms with Gasteiger partial charge in [-0.1, -0.05) is 23.7 Å². The highest BCUT2D eigenvalue weighted by molar-refractivity contribution is 6.32. The molecule has 2 heterocycles. The Balaban J connectivity index is 1.38. The predicted octanol–water partition coefficient (Wildman–Crippen LogP) is 4.63. The van der Waals surface area contributed by atoms with Crippen LogP contribution in [0.15, 0.2) is 42.5 Å². The zero-order valence-corrected chi connectivity index (χ0v) is 17.1. The molecule has 2 aromatic carbocycles. The highest BCUT2D eigenvalue weighted by Gasteiger charge is 2.38. The number of alkyl halides is 2. The van der Waals surface area contributed by atoms with E-state index in [-0.39, 0.29) is 28.5 Å². The number of carbonyl (C=O) groups is 1. The second-order valence-electron chi connectivity index (χ2n) is 7.69. The molecule has 0 radical (unpaired) electrons. The van der Waals surface area contributed by atoms with E-state index in [1.807, 2.05) is 12.1 Å². The molecular weight excluding hydrogens is 414 g/mol. The van der Waals surface area contributed by atoms with Crippen LogP contribution in [-0.2, 0) is 4.79 Å². The standard InChI is InChI=1S/C22H23ClF2N2O3/c23-18-13-16(3-6-20(18)30-22(24)25)27-12-9-19(21(27)29)26-10-7-15(8-11-26)14-1-4-17(28)5-2-14/h1-6,13,15,19,22,28H,7-12H2/t19-/m0/s1. The highest BCUT2D eigenvalue weighted by atomic mass is 35.5. The van der Waals surface area contributed by atoms with Crippen molar-refractivity contribution in [1.29, 1.82) is 0 Å². The quantitative estimate of drug-likeness (QED) is 0.742. The number of nitrogens with zero attached hydrogens (tertiary/aromatic N) is 2. The molecule has 160 valence electrons. The zero-order chi connectivity index (χ0) is 21.3. The summed E-state index contributed by atoms with van der Waals surface area (Å²) in [6.45, 7) is -0.724. The minimum atomic E-state index is -2.95. The van der Waals surface area contributed by atoms with Crippen molar-refractivity contribution in [3.8, 4) is 11.5 Å². The summed E-state index contributed by atoms with van der Waals surface area (Å²) in [5.41, 5.74) is 1.81. The summed E-state index contributed by atoms with van der Waals surface area (Å²) >= 11 is 6.05. The second kappa shape index (κ2) is 8.78. The van der Waals surface area contributed by atoms with Gasteiger partial charge in [0.2, 0.25) is 5.91 Å². The Kier molecular flexibility index (Phi) is 6.11. The first-order valence-electron chi connectivity index (χ1n) is 10.0. The van der Waals surface area contributed by atoms with Gasteiger partial charge in [-0.25, -0.2) is 0 Å². The number of phenolic OH excluding ortho intramolecular Hbond substituents is 1. The smallest absolute Gasteiger partial charge is 0.387 e. The molecule has 1 N–H and O–H groups in total. The maximum atomic E-state index is 13.0. The van der Waals surface area contributed by atoms with Crippen LogP contribution >= 0.6 is 11.6 Å². The molecule has 5 nitrogen and oxygen atoms in total. The summed E-state index contributed by atoms with van der Waals surface area (Å²) < 4.78 is 29.2. The summed E-state index contributed by atoms with van der Waals surface area (Å²) in [5, 5.41) is 9.51. The minimum absolute atomic E-state index is 0.0108. The lowest BCUT2D eigenvalue weighted by molar-refractivity contribution is -0.122. The average Bonchev–Trinajstić information content (AvgIpc) is 3.11. The van der Waals surface area contributed by atoms with E-state index in [9.17, 15) is 18.7 Å². The van der Waals surface area contributed by atoms with E-state index in [2.05, 4.69) is 9.64 Å². The van der Waals surface area contributed by atoms with Crippen molar-refractivity contribution in [2.75, 3.05) is 24.5 Å². The SMILES string of the molecule is O=C1[C@@H](N2CCC(c3ccc(O)cc3)CC2)CCN1c1ccc(OC(F)F)c(Cl)c1. The zero-order valence-electron chi connectivity index (χ0n) is 16.3. The van der Waals surface area contributed by atoms with Gasteiger partial charge in [-0.05, 0) is 74.2 Å². The van der Waals surface area contributed by atoms with Gasteiger partial charge >= 0.3 is 6.61 Å². The van der Waals surface area contributed by atoms with E-state index >= 15 is 0 Å². The van der Waals surface area contributed by atoms with Gasteiger partial charge in [-0.15, -0.1) is 0 Å². The molecule has 0 bridgehead atoms. The van der Waals surface area contributed by atoms with Crippen LogP contribution in [0.4, 0.5) is 14.5 Å². The first-order valence-corrected chi connectivity index (χ1v) is 10.4. The number of halogens is 3. The lowest BCUT2D eigenvalue weighted by Crippen LogP contribution is -2.45. The molecule has 0 spiro atoms. The number of hydrogen-bond donors (Lipinski definition) is 1. The number of aromatic hydroxyl groups is 1. The molecular formula is C22H23ClF2N2O3. The fourth-order valence-electron chi connectivity index (χ4n) is 4.40. The Morgan fingerprint density at radius 1 is 1.03 bits per heavy atom. The van der Waals surface area contributed by atoms with Crippen molar-refractivity contribution in [3.05, 3.63) is 53.1 Å². The Morgan fingerprint density at radius 2 is 1.73 bits per heavy atom. The Labute approximate surface area is 178 Å². The molecule has 2 fully saturated rings. The summed E-state index contributed by atoms with van der Waals surface area (Å²) in [4.78, 5) is 16.9. The van der Waals surface area contributed by atoms with Gasteiger partial charge in [0.25, 0.3) is 0 Å². The van der Waals surface area contributed by atoms with E-state index in [4.69, 9.17) is 11.6 Å². The van der Waals surface area contributed by atoms with Gasteiger partial charge in [0.15, 0.2) is 0 Å². The summed E-state index contributed by atoms with van der Waals surface area (Å²) in [7, 11) is 0. The molecule has 30 heavy (non-hydrogen) atoms. The Bertz CT molecular complexity index is 902. The number of rotatable bonds is 5. The maximum Gasteiger partial charge on any atom is 0.387 e. The topological polar surface area (TPSA) is 53.0 Å². The molecule has 8 heteroatoms. The van der Waals surface area contributed by atoms with E-state index in [1.165, 1.54) is 17.7 Å². The maximum absolute atomic E-state index is 13.0. The number of benzene rings is 2. The number of likely N-dealkylation sites (tertiary alicyclic amines) is 1. The third-order valence-electron chi connectivity index (χ3n) is 5.96. The van der Waals surface area contributed by atoms with E-state index in [0.717, 1.165) is 32.4 Å². The number of anilines is 1. The molecule has 1 atom stereocenters. The van der Waals surface area contributed by atoms with Crippen LogP contribution < -0.4 is 9.64 Å². The normalized spacial score (nSPS) is 20.9. The first-order chi connectivity index (χ1) is 14.4. The molecule has 4 rings (SSSR count). The molecule has 2 saturated heterocycles. The lowest BCUT2D eigenvalue weighted by Gasteiger charge is -2.35. The monoisotopic (exact) mass is 436 g/mol. The lowest BCUT2D eigenvalue weighted by atomic mass is 9.89. The van der Waals surface area contributed by atoms with Gasteiger partial charge in [-0.3, -0.25) is 9.69 Å². The van der Waals surface area contributed by atoms with E-state index in [1.54, 1.807) is 23.1 Å². The van der Waals surface area contributed by atoms with Gasteiger partial charge < -0.3 is 14.7 Å². The van der Waals surface area contributed by atoms with E-state index < -0.39 is 6.61 Å². The highest BCUT2D eigenvalue weighted by Crippen LogP contribution is 2.35. The van der Waals surface area contributed by atoms with Crippen LogP contribution in [0.1, 0.15) is 30.7 Å². The second-order valence-corrected chi connectivity index (χ2v) is 8.10. The average molecular weight is 437 g/mol. The number of hydrogen-bond acceptors (Lipinski definition) is 4. The molecule has 2 aliphatic heterocycles.